The van der Waals surface area contributed by atoms with Gasteiger partial charge in [0.15, 0.2) is 0 Å². The number of piperazine rings is 1. The Labute approximate surface area is 271 Å². The second-order valence-corrected chi connectivity index (χ2v) is 16.7. The number of amides is 1. The van der Waals surface area contributed by atoms with Crippen LogP contribution < -0.4 is 9.62 Å². The van der Waals surface area contributed by atoms with Gasteiger partial charge < -0.3 is 9.80 Å². The molecule has 1 N–H and O–H groups in total. The van der Waals surface area contributed by atoms with Crippen molar-refractivity contribution < 1.29 is 13.4 Å². The maximum atomic E-state index is 15.6. The van der Waals surface area contributed by atoms with Crippen LogP contribution in [-0.2, 0) is 15.8 Å². The van der Waals surface area contributed by atoms with Crippen molar-refractivity contribution in [1.82, 2.24) is 14.5 Å². The smallest absolute Gasteiger partial charge is 0.227 e. The van der Waals surface area contributed by atoms with Crippen molar-refractivity contribution in [2.75, 3.05) is 44.2 Å². The molecule has 3 aliphatic rings. The van der Waals surface area contributed by atoms with E-state index in [0.717, 1.165) is 18.7 Å². The molecule has 6 nitrogen and oxygen atoms in total. The van der Waals surface area contributed by atoms with E-state index in [0.29, 0.717) is 42.9 Å². The lowest BCUT2D eigenvalue weighted by molar-refractivity contribution is -0.135. The molecule has 242 valence electrons. The zero-order valence-corrected chi connectivity index (χ0v) is 28.6. The Hall–Kier alpha value is -2.00. The van der Waals surface area contributed by atoms with E-state index in [4.69, 9.17) is 11.6 Å². The van der Waals surface area contributed by atoms with E-state index >= 15 is 4.39 Å². The van der Waals surface area contributed by atoms with Crippen molar-refractivity contribution in [3.63, 3.8) is 0 Å². The first-order chi connectivity index (χ1) is 20.9. The number of para-hydroxylation sites is 1. The summed E-state index contributed by atoms with van der Waals surface area (Å²) in [6.07, 6.45) is 6.28. The predicted octanol–water partition coefficient (Wildman–Crippen LogP) is 6.92. The molecule has 44 heavy (non-hydrogen) atoms. The van der Waals surface area contributed by atoms with Crippen molar-refractivity contribution >= 4 is 34.2 Å². The van der Waals surface area contributed by atoms with Gasteiger partial charge in [-0.15, -0.1) is 0 Å². The largest absolute Gasteiger partial charge is 0.365 e. The van der Waals surface area contributed by atoms with Crippen LogP contribution in [0.25, 0.3) is 0 Å². The Morgan fingerprint density at radius 3 is 2.25 bits per heavy atom. The van der Waals surface area contributed by atoms with Gasteiger partial charge >= 0.3 is 0 Å². The van der Waals surface area contributed by atoms with Crippen molar-refractivity contribution in [3.8, 4) is 0 Å². The fourth-order valence-corrected chi connectivity index (χ4v) is 8.34. The number of nitrogens with one attached hydrogen (secondary N) is 1. The van der Waals surface area contributed by atoms with Crippen LogP contribution in [0.2, 0.25) is 5.02 Å². The molecule has 2 aliphatic heterocycles. The van der Waals surface area contributed by atoms with Gasteiger partial charge in [-0.1, -0.05) is 69.0 Å². The fourth-order valence-electron chi connectivity index (χ4n) is 7.23. The molecule has 4 atom stereocenters. The van der Waals surface area contributed by atoms with Crippen molar-refractivity contribution in [2.45, 2.75) is 89.5 Å². The summed E-state index contributed by atoms with van der Waals surface area (Å²) in [5.41, 5.74) is 2.56. The lowest BCUT2D eigenvalue weighted by Crippen LogP contribution is -2.52. The predicted molar refractivity (Wildman–Crippen MR) is 180 cm³/mol. The molecule has 0 bridgehead atoms. The summed E-state index contributed by atoms with van der Waals surface area (Å²) >= 11 is 6.22. The van der Waals surface area contributed by atoms with E-state index in [1.807, 2.05) is 43.9 Å². The summed E-state index contributed by atoms with van der Waals surface area (Å²) in [6, 6.07) is 13.5. The molecule has 2 saturated heterocycles. The van der Waals surface area contributed by atoms with Gasteiger partial charge in [0, 0.05) is 62.3 Å². The van der Waals surface area contributed by atoms with Crippen LogP contribution in [-0.4, -0.2) is 70.0 Å². The van der Waals surface area contributed by atoms with Gasteiger partial charge in [-0.3, -0.25) is 9.69 Å². The number of likely N-dealkylation sites (tertiary alicyclic amines) is 1. The van der Waals surface area contributed by atoms with Crippen LogP contribution in [0.4, 0.5) is 10.1 Å². The number of halogens is 2. The highest BCUT2D eigenvalue weighted by atomic mass is 35.5. The molecule has 2 aromatic carbocycles. The average Bonchev–Trinajstić information content (AvgIpc) is 3.45. The van der Waals surface area contributed by atoms with E-state index in [-0.39, 0.29) is 35.5 Å². The molecule has 2 heterocycles. The maximum Gasteiger partial charge on any atom is 0.227 e. The normalized spacial score (nSPS) is 23.7. The summed E-state index contributed by atoms with van der Waals surface area (Å²) < 4.78 is 31.5. The molecule has 2 aromatic rings. The van der Waals surface area contributed by atoms with Crippen molar-refractivity contribution in [3.05, 3.63) is 64.4 Å². The quantitative estimate of drug-likeness (QED) is 0.339. The number of carbonyl (C=O) groups is 1. The third-order valence-corrected chi connectivity index (χ3v) is 11.6. The van der Waals surface area contributed by atoms with Gasteiger partial charge in [0.1, 0.15) is 5.82 Å². The summed E-state index contributed by atoms with van der Waals surface area (Å²) in [5.74, 6) is 0.0657. The van der Waals surface area contributed by atoms with E-state index < -0.39 is 15.7 Å². The van der Waals surface area contributed by atoms with E-state index in [1.165, 1.54) is 43.7 Å². The van der Waals surface area contributed by atoms with Gasteiger partial charge in [0.25, 0.3) is 0 Å². The number of benzene rings is 2. The third kappa shape index (κ3) is 7.51. The highest BCUT2D eigenvalue weighted by molar-refractivity contribution is 7.84. The second kappa shape index (κ2) is 14.2. The number of hydrogen-bond acceptors (Lipinski definition) is 4. The Morgan fingerprint density at radius 1 is 0.977 bits per heavy atom. The van der Waals surface area contributed by atoms with Crippen molar-refractivity contribution in [2.24, 2.45) is 11.8 Å². The molecule has 1 aliphatic carbocycles. The van der Waals surface area contributed by atoms with Crippen LogP contribution in [0, 0.1) is 17.7 Å². The molecule has 1 amide bonds. The first-order valence-corrected chi connectivity index (χ1v) is 18.0. The van der Waals surface area contributed by atoms with Gasteiger partial charge in [-0.05, 0) is 68.9 Å². The number of rotatable bonds is 8. The highest BCUT2D eigenvalue weighted by Gasteiger charge is 2.43. The Kier molecular flexibility index (Phi) is 10.8. The summed E-state index contributed by atoms with van der Waals surface area (Å²) in [5, 5.41) is 0.710. The van der Waals surface area contributed by atoms with Gasteiger partial charge in [0.05, 0.1) is 27.3 Å². The highest BCUT2D eigenvalue weighted by Crippen LogP contribution is 2.39. The average molecular weight is 645 g/mol. The molecule has 5 rings (SSSR count). The van der Waals surface area contributed by atoms with Crippen LogP contribution in [0.5, 0.6) is 0 Å². The molecular weight excluding hydrogens is 595 g/mol. The minimum Gasteiger partial charge on any atom is -0.365 e. The Bertz CT molecular complexity index is 1300. The Morgan fingerprint density at radius 2 is 1.64 bits per heavy atom. The van der Waals surface area contributed by atoms with E-state index in [2.05, 4.69) is 40.5 Å². The number of hydrogen-bond donors (Lipinski definition) is 1. The molecule has 3 unspecified atom stereocenters. The first-order valence-electron chi connectivity index (χ1n) is 16.4. The SMILES string of the molecule is CC(C)[C@H](NS(=O)C(C)(C)C)c1cccc(F)c1N1CCN(C(=O)C2CN(C3CCCCC3)CC2c2ccc(Cl)cc2)CC1. The molecule has 9 heteroatoms. The zero-order valence-electron chi connectivity index (χ0n) is 27.0. The van der Waals surface area contributed by atoms with Crippen molar-refractivity contribution in [1.29, 1.82) is 0 Å². The topological polar surface area (TPSA) is 55.9 Å². The van der Waals surface area contributed by atoms with E-state index in [9.17, 15) is 9.00 Å². The third-order valence-electron chi connectivity index (χ3n) is 9.77. The minimum absolute atomic E-state index is 0.101. The molecule has 0 spiro atoms. The van der Waals surface area contributed by atoms with Crippen LogP contribution >= 0.6 is 11.6 Å². The Balaban J connectivity index is 1.32. The minimum atomic E-state index is -1.30. The fraction of sp³-hybridized carbons (Fsp3) is 0.629. The molecule has 1 saturated carbocycles. The standard InChI is InChI=1S/C35H50ClFN4O2S/c1-24(2)32(38-44(43)35(3,4)5)28-12-9-13-31(37)33(28)39-18-20-40(21-19-39)34(42)30-23-41(27-10-7-6-8-11-27)22-29(30)25-14-16-26(36)17-15-25/h9,12-17,24,27,29-30,32,38H,6-8,10-11,18-23H2,1-5H3/t29?,30?,32-,44?/m0/s1. The summed E-state index contributed by atoms with van der Waals surface area (Å²) in [6.45, 7) is 13.8. The maximum absolute atomic E-state index is 15.6. The molecule has 0 radical (unpaired) electrons. The molecule has 0 aromatic heterocycles. The van der Waals surface area contributed by atoms with Crippen LogP contribution in [0.15, 0.2) is 42.5 Å². The zero-order chi connectivity index (χ0) is 31.6. The number of nitrogens with zero attached hydrogens (tertiary/aromatic N) is 3. The number of carbonyl (C=O) groups excluding carboxylic acids is 1. The summed E-state index contributed by atoms with van der Waals surface area (Å²) in [7, 11) is -1.30. The first kappa shape index (κ1) is 33.4. The van der Waals surface area contributed by atoms with Gasteiger partial charge in [0.2, 0.25) is 5.91 Å². The summed E-state index contributed by atoms with van der Waals surface area (Å²) in [4.78, 5) is 20.9. The lowest BCUT2D eigenvalue weighted by Gasteiger charge is -2.40. The second-order valence-electron chi connectivity index (χ2n) is 14.2. The molecule has 3 fully saturated rings. The number of anilines is 1. The van der Waals surface area contributed by atoms with Gasteiger partial charge in [-0.2, -0.15) is 0 Å². The monoisotopic (exact) mass is 644 g/mol. The van der Waals surface area contributed by atoms with Gasteiger partial charge in [-0.25, -0.2) is 13.3 Å². The lowest BCUT2D eigenvalue weighted by atomic mass is 9.88. The van der Waals surface area contributed by atoms with E-state index in [1.54, 1.807) is 6.07 Å². The molecular formula is C35H50ClFN4O2S. The van der Waals surface area contributed by atoms with Crippen LogP contribution in [0.3, 0.4) is 0 Å². The van der Waals surface area contributed by atoms with Crippen LogP contribution in [0.1, 0.15) is 89.8 Å².